The molecule has 6 aromatic rings. The molecular weight excluding hydrogens is 542 g/mol. The van der Waals surface area contributed by atoms with E-state index in [0.29, 0.717) is 45.3 Å². The second kappa shape index (κ2) is 10.5. The van der Waals surface area contributed by atoms with Gasteiger partial charge in [0.1, 0.15) is 11.3 Å². The summed E-state index contributed by atoms with van der Waals surface area (Å²) in [5.41, 5.74) is 12.3. The van der Waals surface area contributed by atoms with Crippen LogP contribution in [-0.4, -0.2) is 48.2 Å². The maximum absolute atomic E-state index is 13.1. The van der Waals surface area contributed by atoms with Crippen molar-refractivity contribution in [2.45, 2.75) is 18.9 Å². The average molecular weight is 570 g/mol. The molecule has 1 aliphatic carbocycles. The van der Waals surface area contributed by atoms with Gasteiger partial charge in [-0.2, -0.15) is 5.10 Å². The third-order valence-corrected chi connectivity index (χ3v) is 7.69. The first-order valence-electron chi connectivity index (χ1n) is 13.9. The summed E-state index contributed by atoms with van der Waals surface area (Å²) in [7, 11) is 1.56. The SMILES string of the molecule is CNC(=O)c1cccc(C(=O)N[C@H]2CCc3cc(-n4c(-c5cccnc5N)nc5ccc(-n6cccn6)nc54)ccc32)c1. The van der Waals surface area contributed by atoms with Crippen LogP contribution in [0.2, 0.25) is 0 Å². The highest BCUT2D eigenvalue weighted by Crippen LogP contribution is 2.36. The summed E-state index contributed by atoms with van der Waals surface area (Å²) in [5.74, 6) is 1.20. The van der Waals surface area contributed by atoms with Gasteiger partial charge in [-0.3, -0.25) is 14.2 Å². The minimum absolute atomic E-state index is 0.155. The predicted octanol–water partition coefficient (Wildman–Crippen LogP) is 4.03. The largest absolute Gasteiger partial charge is 0.383 e. The fourth-order valence-electron chi connectivity index (χ4n) is 5.59. The Morgan fingerprint density at radius 1 is 0.930 bits per heavy atom. The molecule has 0 radical (unpaired) electrons. The summed E-state index contributed by atoms with van der Waals surface area (Å²) in [4.78, 5) is 39.3. The highest BCUT2D eigenvalue weighted by atomic mass is 16.2. The van der Waals surface area contributed by atoms with Gasteiger partial charge in [-0.05, 0) is 84.6 Å². The highest BCUT2D eigenvalue weighted by Gasteiger charge is 2.26. The molecule has 0 bridgehead atoms. The van der Waals surface area contributed by atoms with E-state index >= 15 is 0 Å². The van der Waals surface area contributed by atoms with Crippen LogP contribution in [-0.2, 0) is 6.42 Å². The molecule has 0 aliphatic heterocycles. The van der Waals surface area contributed by atoms with Crippen molar-refractivity contribution in [3.63, 3.8) is 0 Å². The van der Waals surface area contributed by atoms with Gasteiger partial charge in [0, 0.05) is 42.5 Å². The molecular formula is C32H27N9O2. The number of fused-ring (bicyclic) bond motifs is 2. The molecule has 212 valence electrons. The number of nitrogen functional groups attached to an aromatic ring is 1. The van der Waals surface area contributed by atoms with Crippen LogP contribution in [0.25, 0.3) is 34.1 Å². The number of pyridine rings is 2. The predicted molar refractivity (Wildman–Crippen MR) is 162 cm³/mol. The van der Waals surface area contributed by atoms with Gasteiger partial charge >= 0.3 is 0 Å². The van der Waals surface area contributed by atoms with Gasteiger partial charge in [0.25, 0.3) is 11.8 Å². The Morgan fingerprint density at radius 2 is 1.79 bits per heavy atom. The Kier molecular flexibility index (Phi) is 6.39. The van der Waals surface area contributed by atoms with Crippen LogP contribution >= 0.6 is 0 Å². The first-order chi connectivity index (χ1) is 21.0. The Hall–Kier alpha value is -5.84. The minimum Gasteiger partial charge on any atom is -0.383 e. The zero-order chi connectivity index (χ0) is 29.5. The standard InChI is InChI=1S/C32H27N9O2/c1-34-31(42)20-5-2-6-21(17-20)32(43)38-25-11-8-19-18-22(9-10-23(19)25)41-29(24-7-3-14-35-28(24)33)37-26-12-13-27(39-30(26)41)40-16-4-15-36-40/h2-7,9-10,12-18,25H,8,11H2,1H3,(H2,33,35)(H,34,42)(H,38,43)/t25-/m0/s1. The van der Waals surface area contributed by atoms with Crippen molar-refractivity contribution in [1.29, 1.82) is 0 Å². The Labute approximate surface area is 246 Å². The second-order valence-electron chi connectivity index (χ2n) is 10.3. The Bertz CT molecular complexity index is 2010. The number of hydrogen-bond donors (Lipinski definition) is 3. The van der Waals surface area contributed by atoms with Crippen LogP contribution in [0, 0.1) is 0 Å². The second-order valence-corrected chi connectivity index (χ2v) is 10.3. The van der Waals surface area contributed by atoms with Crippen molar-refractivity contribution in [3.8, 4) is 22.9 Å². The fourth-order valence-corrected chi connectivity index (χ4v) is 5.59. The summed E-state index contributed by atoms with van der Waals surface area (Å²) in [6, 6.07) is 22.1. The summed E-state index contributed by atoms with van der Waals surface area (Å²) in [6.45, 7) is 0. The number of nitrogens with one attached hydrogen (secondary N) is 2. The summed E-state index contributed by atoms with van der Waals surface area (Å²) in [5, 5.41) is 10.1. The molecule has 4 aromatic heterocycles. The molecule has 11 heteroatoms. The van der Waals surface area contributed by atoms with Crippen LogP contribution < -0.4 is 16.4 Å². The van der Waals surface area contributed by atoms with Crippen LogP contribution in [0.15, 0.2) is 91.4 Å². The van der Waals surface area contributed by atoms with E-state index in [1.165, 1.54) is 0 Å². The van der Waals surface area contributed by atoms with Crippen LogP contribution in [0.3, 0.4) is 0 Å². The Balaban J connectivity index is 1.27. The van der Waals surface area contributed by atoms with E-state index in [2.05, 4.69) is 26.8 Å². The molecule has 2 aromatic carbocycles. The zero-order valence-electron chi connectivity index (χ0n) is 23.2. The monoisotopic (exact) mass is 569 g/mol. The third-order valence-electron chi connectivity index (χ3n) is 7.69. The van der Waals surface area contributed by atoms with E-state index < -0.39 is 0 Å². The van der Waals surface area contributed by atoms with Gasteiger partial charge in [0.15, 0.2) is 17.3 Å². The topological polar surface area (TPSA) is 146 Å². The molecule has 4 N–H and O–H groups in total. The van der Waals surface area contributed by atoms with Gasteiger partial charge < -0.3 is 16.4 Å². The number of anilines is 1. The summed E-state index contributed by atoms with van der Waals surface area (Å²) in [6.07, 6.45) is 6.75. The fraction of sp³-hybridized carbons (Fsp3) is 0.125. The first-order valence-corrected chi connectivity index (χ1v) is 13.9. The number of hydrogen-bond acceptors (Lipinski definition) is 7. The maximum atomic E-state index is 13.1. The Morgan fingerprint density at radius 3 is 2.58 bits per heavy atom. The number of aromatic nitrogens is 6. The van der Waals surface area contributed by atoms with Crippen molar-refractivity contribution in [2.75, 3.05) is 12.8 Å². The molecule has 2 amide bonds. The number of aryl methyl sites for hydroxylation is 1. The highest BCUT2D eigenvalue weighted by molar-refractivity contribution is 5.99. The van der Waals surface area contributed by atoms with Crippen LogP contribution in [0.4, 0.5) is 5.82 Å². The van der Waals surface area contributed by atoms with E-state index in [-0.39, 0.29) is 17.9 Å². The smallest absolute Gasteiger partial charge is 0.251 e. The first kappa shape index (κ1) is 26.1. The molecule has 0 unspecified atom stereocenters. The lowest BCUT2D eigenvalue weighted by molar-refractivity contribution is 0.0936. The summed E-state index contributed by atoms with van der Waals surface area (Å²) < 4.78 is 3.70. The van der Waals surface area contributed by atoms with E-state index in [0.717, 1.165) is 29.7 Å². The van der Waals surface area contributed by atoms with Crippen molar-refractivity contribution in [2.24, 2.45) is 0 Å². The van der Waals surface area contributed by atoms with Gasteiger partial charge in [-0.1, -0.05) is 12.1 Å². The number of nitrogens with two attached hydrogens (primary N) is 1. The van der Waals surface area contributed by atoms with Crippen molar-refractivity contribution < 1.29 is 9.59 Å². The molecule has 1 atom stereocenters. The number of amides is 2. The van der Waals surface area contributed by atoms with Crippen LogP contribution in [0.1, 0.15) is 44.3 Å². The van der Waals surface area contributed by atoms with Gasteiger partial charge in [-0.25, -0.2) is 19.6 Å². The lowest BCUT2D eigenvalue weighted by atomic mass is 10.1. The number of rotatable bonds is 6. The number of carbonyl (C=O) groups is 2. The normalized spacial score (nSPS) is 14.0. The lowest BCUT2D eigenvalue weighted by Gasteiger charge is -2.16. The maximum Gasteiger partial charge on any atom is 0.251 e. The third kappa shape index (κ3) is 4.66. The number of carbonyl (C=O) groups excluding carboxylic acids is 2. The van der Waals surface area contributed by atoms with Crippen molar-refractivity contribution in [1.82, 2.24) is 39.9 Å². The molecule has 0 spiro atoms. The lowest BCUT2D eigenvalue weighted by Crippen LogP contribution is -2.27. The van der Waals surface area contributed by atoms with Gasteiger partial charge in [-0.15, -0.1) is 0 Å². The number of nitrogens with zero attached hydrogens (tertiary/aromatic N) is 6. The molecule has 0 saturated carbocycles. The number of imidazole rings is 1. The number of benzene rings is 2. The van der Waals surface area contributed by atoms with Crippen molar-refractivity contribution in [3.05, 3.63) is 114 Å². The zero-order valence-corrected chi connectivity index (χ0v) is 23.2. The van der Waals surface area contributed by atoms with Crippen molar-refractivity contribution >= 4 is 28.8 Å². The summed E-state index contributed by atoms with van der Waals surface area (Å²) >= 11 is 0. The minimum atomic E-state index is -0.237. The van der Waals surface area contributed by atoms with Gasteiger partial charge in [0.2, 0.25) is 0 Å². The molecule has 7 rings (SSSR count). The van der Waals surface area contributed by atoms with E-state index in [9.17, 15) is 9.59 Å². The molecule has 43 heavy (non-hydrogen) atoms. The van der Waals surface area contributed by atoms with E-state index in [1.807, 2.05) is 53.2 Å². The average Bonchev–Trinajstić information content (AvgIpc) is 3.80. The van der Waals surface area contributed by atoms with Gasteiger partial charge in [0.05, 0.1) is 11.6 Å². The quantitative estimate of drug-likeness (QED) is 0.275. The van der Waals surface area contributed by atoms with E-state index in [1.54, 1.807) is 48.4 Å². The molecule has 0 fully saturated rings. The van der Waals surface area contributed by atoms with Crippen LogP contribution in [0.5, 0.6) is 0 Å². The molecule has 1 aliphatic rings. The van der Waals surface area contributed by atoms with E-state index in [4.69, 9.17) is 15.7 Å². The molecule has 0 saturated heterocycles. The molecule has 4 heterocycles. The molecule has 11 nitrogen and oxygen atoms in total.